The summed E-state index contributed by atoms with van der Waals surface area (Å²) in [4.78, 5) is 63.8. The highest BCUT2D eigenvalue weighted by atomic mass is 16.7. The number of hydrogen-bond acceptors (Lipinski definition) is 6. The third-order valence-corrected chi connectivity index (χ3v) is 3.59. The first-order valence-electron chi connectivity index (χ1n) is 7.01. The molecule has 2 aliphatic rings. The molecule has 0 radical (unpaired) electrons. The molecule has 8 nitrogen and oxygen atoms in total. The first-order chi connectivity index (χ1) is 11.0. The lowest BCUT2D eigenvalue weighted by Gasteiger charge is -2.15. The molecular weight excluding hydrogens is 304 g/mol. The molecule has 1 aromatic rings. The van der Waals surface area contributed by atoms with E-state index in [1.807, 2.05) is 0 Å². The van der Waals surface area contributed by atoms with Crippen LogP contribution in [0.15, 0.2) is 24.3 Å². The molecule has 0 aliphatic carbocycles. The molecule has 2 aliphatic heterocycles. The maximum atomic E-state index is 11.9. The zero-order valence-corrected chi connectivity index (χ0v) is 12.0. The third-order valence-electron chi connectivity index (χ3n) is 3.59. The Morgan fingerprint density at radius 2 is 1.26 bits per heavy atom. The van der Waals surface area contributed by atoms with Crippen molar-refractivity contribution in [3.8, 4) is 0 Å². The molecule has 0 spiro atoms. The topological polar surface area (TPSA) is 101 Å². The molecule has 0 unspecified atom stereocenters. The van der Waals surface area contributed by atoms with Gasteiger partial charge < -0.3 is 4.84 Å². The minimum Gasteiger partial charge on any atom is -0.325 e. The van der Waals surface area contributed by atoms with Gasteiger partial charge >= 0.3 is 5.97 Å². The van der Waals surface area contributed by atoms with Gasteiger partial charge in [0.15, 0.2) is 0 Å². The summed E-state index contributed by atoms with van der Waals surface area (Å²) in [6, 6.07) is 5.60. The molecule has 1 aromatic carbocycles. The highest BCUT2D eigenvalue weighted by molar-refractivity contribution is 6.19. The van der Waals surface area contributed by atoms with Crippen LogP contribution in [0.1, 0.15) is 36.0 Å². The number of nitrogens with zero attached hydrogens (tertiary/aromatic N) is 2. The number of anilines is 1. The van der Waals surface area contributed by atoms with E-state index in [4.69, 9.17) is 4.84 Å². The van der Waals surface area contributed by atoms with Crippen LogP contribution in [0.4, 0.5) is 5.69 Å². The predicted octanol–water partition coefficient (Wildman–Crippen LogP) is 0.561. The summed E-state index contributed by atoms with van der Waals surface area (Å²) in [5.74, 6) is -2.57. The third kappa shape index (κ3) is 2.70. The van der Waals surface area contributed by atoms with Gasteiger partial charge in [0.2, 0.25) is 11.8 Å². The SMILES string of the molecule is O=C(ON1C(=O)CCC1=O)c1ccc(N2C(=O)CCC2=O)cc1. The summed E-state index contributed by atoms with van der Waals surface area (Å²) in [7, 11) is 0. The van der Waals surface area contributed by atoms with Crippen molar-refractivity contribution in [2.75, 3.05) is 4.90 Å². The second kappa shape index (κ2) is 5.64. The molecular formula is C15H12N2O6. The summed E-state index contributed by atoms with van der Waals surface area (Å²) in [5.41, 5.74) is 0.461. The van der Waals surface area contributed by atoms with E-state index in [0.717, 1.165) is 4.90 Å². The number of hydrogen-bond donors (Lipinski definition) is 0. The maximum Gasteiger partial charge on any atom is 0.363 e. The molecule has 23 heavy (non-hydrogen) atoms. The molecule has 0 N–H and O–H groups in total. The van der Waals surface area contributed by atoms with Crippen molar-refractivity contribution in [3.63, 3.8) is 0 Å². The normalized spacial score (nSPS) is 18.1. The predicted molar refractivity (Wildman–Crippen MR) is 74.7 cm³/mol. The molecule has 2 saturated heterocycles. The first kappa shape index (κ1) is 14.9. The number of rotatable bonds is 3. The van der Waals surface area contributed by atoms with Gasteiger partial charge in [-0.3, -0.25) is 24.1 Å². The van der Waals surface area contributed by atoms with Crippen LogP contribution in [-0.4, -0.2) is 34.7 Å². The van der Waals surface area contributed by atoms with Crippen LogP contribution in [0, 0.1) is 0 Å². The van der Waals surface area contributed by atoms with Crippen molar-refractivity contribution in [1.29, 1.82) is 0 Å². The summed E-state index contributed by atoms with van der Waals surface area (Å²) in [6.45, 7) is 0. The molecule has 0 atom stereocenters. The number of carbonyl (C=O) groups excluding carboxylic acids is 5. The van der Waals surface area contributed by atoms with E-state index in [2.05, 4.69) is 0 Å². The highest BCUT2D eigenvalue weighted by Crippen LogP contribution is 2.23. The number of benzene rings is 1. The van der Waals surface area contributed by atoms with Gasteiger partial charge in [-0.1, -0.05) is 0 Å². The highest BCUT2D eigenvalue weighted by Gasteiger charge is 2.33. The summed E-state index contributed by atoms with van der Waals surface area (Å²) in [5, 5.41) is 0.462. The van der Waals surface area contributed by atoms with Gasteiger partial charge in [0.1, 0.15) is 0 Å². The smallest absolute Gasteiger partial charge is 0.325 e. The Balaban J connectivity index is 1.73. The average Bonchev–Trinajstić information content (AvgIpc) is 3.03. The fraction of sp³-hybridized carbons (Fsp3) is 0.267. The van der Waals surface area contributed by atoms with Crippen LogP contribution in [-0.2, 0) is 24.0 Å². The molecule has 3 rings (SSSR count). The Hall–Kier alpha value is -3.03. The van der Waals surface area contributed by atoms with Crippen molar-refractivity contribution in [3.05, 3.63) is 29.8 Å². The minimum absolute atomic E-state index is 0.0181. The van der Waals surface area contributed by atoms with Gasteiger partial charge in [-0.15, -0.1) is 5.06 Å². The molecule has 0 bridgehead atoms. The fourth-order valence-electron chi connectivity index (χ4n) is 2.40. The van der Waals surface area contributed by atoms with Crippen molar-refractivity contribution in [2.45, 2.75) is 25.7 Å². The number of hydroxylamine groups is 2. The monoisotopic (exact) mass is 316 g/mol. The fourth-order valence-corrected chi connectivity index (χ4v) is 2.40. The summed E-state index contributed by atoms with van der Waals surface area (Å²) < 4.78 is 0. The number of amides is 4. The van der Waals surface area contributed by atoms with Crippen molar-refractivity contribution < 1.29 is 28.8 Å². The Morgan fingerprint density at radius 1 is 0.783 bits per heavy atom. The summed E-state index contributed by atoms with van der Waals surface area (Å²) >= 11 is 0. The first-order valence-corrected chi connectivity index (χ1v) is 7.01. The van der Waals surface area contributed by atoms with Gasteiger partial charge in [0.25, 0.3) is 11.8 Å². The quantitative estimate of drug-likeness (QED) is 0.755. The van der Waals surface area contributed by atoms with Crippen LogP contribution in [0.25, 0.3) is 0 Å². The molecule has 2 heterocycles. The lowest BCUT2D eigenvalue weighted by Crippen LogP contribution is -2.32. The Bertz CT molecular complexity index is 692. The van der Waals surface area contributed by atoms with Crippen LogP contribution in [0.3, 0.4) is 0 Å². The second-order valence-corrected chi connectivity index (χ2v) is 5.13. The van der Waals surface area contributed by atoms with Crippen molar-refractivity contribution in [2.24, 2.45) is 0 Å². The Labute approximate surface area is 130 Å². The molecule has 0 saturated carbocycles. The van der Waals surface area contributed by atoms with Gasteiger partial charge in [-0.05, 0) is 24.3 Å². The molecule has 2 fully saturated rings. The molecule has 118 valence electrons. The largest absolute Gasteiger partial charge is 0.363 e. The standard InChI is InChI=1S/C15H12N2O6/c18-11-5-6-12(19)16(11)10-3-1-9(2-4-10)15(22)23-17-13(20)7-8-14(17)21/h1-4H,5-8H2. The number of carbonyl (C=O) groups is 5. The van der Waals surface area contributed by atoms with Crippen LogP contribution in [0.2, 0.25) is 0 Å². The van der Waals surface area contributed by atoms with Crippen molar-refractivity contribution >= 4 is 35.3 Å². The van der Waals surface area contributed by atoms with E-state index in [0.29, 0.717) is 10.8 Å². The van der Waals surface area contributed by atoms with Crippen LogP contribution in [0.5, 0.6) is 0 Å². The second-order valence-electron chi connectivity index (χ2n) is 5.13. The molecule has 8 heteroatoms. The average molecular weight is 316 g/mol. The Kier molecular flexibility index (Phi) is 3.65. The lowest BCUT2D eigenvalue weighted by atomic mass is 10.2. The number of imide groups is 2. The van der Waals surface area contributed by atoms with E-state index in [-0.39, 0.29) is 43.1 Å². The van der Waals surface area contributed by atoms with E-state index in [1.165, 1.54) is 24.3 Å². The lowest BCUT2D eigenvalue weighted by molar-refractivity contribution is -0.172. The van der Waals surface area contributed by atoms with Crippen LogP contribution < -0.4 is 4.90 Å². The van der Waals surface area contributed by atoms with Crippen LogP contribution >= 0.6 is 0 Å². The molecule has 0 aromatic heterocycles. The van der Waals surface area contributed by atoms with E-state index in [1.54, 1.807) is 0 Å². The van der Waals surface area contributed by atoms with Gasteiger partial charge in [0, 0.05) is 25.7 Å². The van der Waals surface area contributed by atoms with Gasteiger partial charge in [-0.2, -0.15) is 0 Å². The molecule has 4 amide bonds. The summed E-state index contributed by atoms with van der Waals surface area (Å²) in [6.07, 6.45) is 0.373. The van der Waals surface area contributed by atoms with E-state index >= 15 is 0 Å². The minimum atomic E-state index is -0.862. The zero-order chi connectivity index (χ0) is 16.6. The zero-order valence-electron chi connectivity index (χ0n) is 12.0. The Morgan fingerprint density at radius 3 is 1.78 bits per heavy atom. The maximum absolute atomic E-state index is 11.9. The van der Waals surface area contributed by atoms with E-state index < -0.39 is 17.8 Å². The van der Waals surface area contributed by atoms with E-state index in [9.17, 15) is 24.0 Å². The van der Waals surface area contributed by atoms with Crippen molar-refractivity contribution in [1.82, 2.24) is 5.06 Å². The van der Waals surface area contributed by atoms with Gasteiger partial charge in [-0.25, -0.2) is 4.79 Å². The van der Waals surface area contributed by atoms with Gasteiger partial charge in [0.05, 0.1) is 11.3 Å².